The van der Waals surface area contributed by atoms with Gasteiger partial charge in [0.1, 0.15) is 17.3 Å². The van der Waals surface area contributed by atoms with Crippen molar-refractivity contribution in [3.05, 3.63) is 28.2 Å². The Labute approximate surface area is 137 Å². The van der Waals surface area contributed by atoms with Gasteiger partial charge in [0.15, 0.2) is 5.79 Å². The predicted octanol–water partition coefficient (Wildman–Crippen LogP) is 2.55. The number of fused-ring (bicyclic) bond motifs is 3. The Morgan fingerprint density at radius 3 is 2.82 bits per heavy atom. The van der Waals surface area contributed by atoms with E-state index in [0.717, 1.165) is 15.8 Å². The molecule has 1 aliphatic carbocycles. The minimum absolute atomic E-state index is 0.248. The maximum absolute atomic E-state index is 12.6. The van der Waals surface area contributed by atoms with Crippen LogP contribution in [0.3, 0.4) is 0 Å². The SMILES string of the molecule is COC(=O)[C@]12CCC3(C[C@H]1Oc1ccc(Br)cc12)OCCO3. The third-order valence-electron chi connectivity index (χ3n) is 5.00. The molecule has 0 radical (unpaired) electrons. The molecular formula is C16H17BrO5. The largest absolute Gasteiger partial charge is 0.488 e. The van der Waals surface area contributed by atoms with E-state index < -0.39 is 11.2 Å². The van der Waals surface area contributed by atoms with Crippen LogP contribution in [0.25, 0.3) is 0 Å². The number of rotatable bonds is 1. The molecule has 3 aliphatic rings. The van der Waals surface area contributed by atoms with Gasteiger partial charge in [-0.05, 0) is 24.6 Å². The molecule has 1 saturated carbocycles. The molecule has 22 heavy (non-hydrogen) atoms. The van der Waals surface area contributed by atoms with Crippen LogP contribution >= 0.6 is 15.9 Å². The van der Waals surface area contributed by atoms with E-state index in [1.165, 1.54) is 7.11 Å². The Bertz CT molecular complexity index is 625. The summed E-state index contributed by atoms with van der Waals surface area (Å²) < 4.78 is 23.8. The lowest BCUT2D eigenvalue weighted by Crippen LogP contribution is -2.55. The maximum Gasteiger partial charge on any atom is 0.320 e. The number of halogens is 1. The van der Waals surface area contributed by atoms with Crippen LogP contribution in [-0.4, -0.2) is 38.2 Å². The van der Waals surface area contributed by atoms with Crippen molar-refractivity contribution in [2.24, 2.45) is 0 Å². The molecule has 0 N–H and O–H groups in total. The monoisotopic (exact) mass is 368 g/mol. The molecule has 4 rings (SSSR count). The lowest BCUT2D eigenvalue weighted by molar-refractivity contribution is -0.206. The molecule has 2 atom stereocenters. The molecule has 0 unspecified atom stereocenters. The van der Waals surface area contributed by atoms with Crippen molar-refractivity contribution in [2.45, 2.75) is 36.6 Å². The first kappa shape index (κ1) is 14.5. The van der Waals surface area contributed by atoms with E-state index in [1.54, 1.807) is 0 Å². The lowest BCUT2D eigenvalue weighted by Gasteiger charge is -2.42. The summed E-state index contributed by atoms with van der Waals surface area (Å²) in [7, 11) is 1.43. The highest BCUT2D eigenvalue weighted by Gasteiger charge is 2.62. The molecule has 0 aromatic heterocycles. The van der Waals surface area contributed by atoms with Gasteiger partial charge in [0.2, 0.25) is 0 Å². The summed E-state index contributed by atoms with van der Waals surface area (Å²) in [5.74, 6) is -0.114. The number of methoxy groups -OCH3 is 1. The molecule has 118 valence electrons. The Balaban J connectivity index is 1.79. The van der Waals surface area contributed by atoms with Gasteiger partial charge in [0.05, 0.1) is 20.3 Å². The zero-order valence-corrected chi connectivity index (χ0v) is 13.9. The summed E-state index contributed by atoms with van der Waals surface area (Å²) in [6.07, 6.45) is 1.46. The van der Waals surface area contributed by atoms with Crippen LogP contribution in [0.5, 0.6) is 5.75 Å². The minimum Gasteiger partial charge on any atom is -0.488 e. The van der Waals surface area contributed by atoms with Crippen LogP contribution in [-0.2, 0) is 24.4 Å². The number of hydrogen-bond donors (Lipinski definition) is 0. The van der Waals surface area contributed by atoms with Crippen molar-refractivity contribution < 1.29 is 23.7 Å². The first-order chi connectivity index (χ1) is 10.6. The number of benzene rings is 1. The summed E-state index contributed by atoms with van der Waals surface area (Å²) in [6.45, 7) is 1.19. The van der Waals surface area contributed by atoms with E-state index in [4.69, 9.17) is 18.9 Å². The standard InChI is InChI=1S/C16H17BrO5/c1-19-14(18)16-5-4-15(20-6-7-21-15)9-13(16)22-12-3-2-10(17)8-11(12)16/h2-3,8,13H,4-7,9H2,1H3/t13-,16+/m1/s1. The van der Waals surface area contributed by atoms with Crippen molar-refractivity contribution in [1.29, 1.82) is 0 Å². The average Bonchev–Trinajstić information content (AvgIpc) is 3.09. The van der Waals surface area contributed by atoms with Gasteiger partial charge in [-0.25, -0.2) is 0 Å². The number of carbonyl (C=O) groups is 1. The average molecular weight is 369 g/mol. The third-order valence-corrected chi connectivity index (χ3v) is 5.49. The van der Waals surface area contributed by atoms with Crippen molar-refractivity contribution in [3.63, 3.8) is 0 Å². The quantitative estimate of drug-likeness (QED) is 0.713. The van der Waals surface area contributed by atoms with E-state index in [9.17, 15) is 4.79 Å². The van der Waals surface area contributed by atoms with Gasteiger partial charge in [0.25, 0.3) is 0 Å². The molecular weight excluding hydrogens is 352 g/mol. The zero-order valence-electron chi connectivity index (χ0n) is 12.3. The number of carbonyl (C=O) groups excluding carboxylic acids is 1. The van der Waals surface area contributed by atoms with Gasteiger partial charge in [0, 0.05) is 22.9 Å². The second-order valence-corrected chi connectivity index (χ2v) is 6.94. The lowest BCUT2D eigenvalue weighted by atomic mass is 9.67. The Kier molecular flexibility index (Phi) is 3.25. The van der Waals surface area contributed by atoms with Crippen molar-refractivity contribution in [3.8, 4) is 5.75 Å². The summed E-state index contributed by atoms with van der Waals surface area (Å²) in [5, 5.41) is 0. The van der Waals surface area contributed by atoms with Crippen LogP contribution in [0.1, 0.15) is 24.8 Å². The second kappa shape index (κ2) is 4.94. The highest BCUT2D eigenvalue weighted by molar-refractivity contribution is 9.10. The molecule has 2 fully saturated rings. The molecule has 2 aliphatic heterocycles. The minimum atomic E-state index is -0.769. The summed E-state index contributed by atoms with van der Waals surface area (Å²) in [5.41, 5.74) is 0.126. The Hall–Kier alpha value is -1.11. The molecule has 6 heteroatoms. The van der Waals surface area contributed by atoms with Gasteiger partial charge in [-0.2, -0.15) is 0 Å². The van der Waals surface area contributed by atoms with Crippen LogP contribution in [0.2, 0.25) is 0 Å². The van der Waals surface area contributed by atoms with Crippen molar-refractivity contribution in [2.75, 3.05) is 20.3 Å². The highest BCUT2D eigenvalue weighted by Crippen LogP contribution is 2.55. The summed E-state index contributed by atoms with van der Waals surface area (Å²) in [4.78, 5) is 12.6. The Morgan fingerprint density at radius 1 is 1.32 bits per heavy atom. The molecule has 0 bridgehead atoms. The zero-order chi connectivity index (χ0) is 15.4. The van der Waals surface area contributed by atoms with Crippen molar-refractivity contribution >= 4 is 21.9 Å². The van der Waals surface area contributed by atoms with Gasteiger partial charge in [-0.3, -0.25) is 4.79 Å². The van der Waals surface area contributed by atoms with Crippen LogP contribution in [0.15, 0.2) is 22.7 Å². The summed E-state index contributed by atoms with van der Waals surface area (Å²) >= 11 is 3.48. The molecule has 2 heterocycles. The van der Waals surface area contributed by atoms with Gasteiger partial charge in [-0.15, -0.1) is 0 Å². The van der Waals surface area contributed by atoms with Gasteiger partial charge < -0.3 is 18.9 Å². The van der Waals surface area contributed by atoms with Crippen LogP contribution in [0, 0.1) is 0 Å². The molecule has 1 spiro atoms. The molecule has 1 aromatic carbocycles. The molecule has 1 saturated heterocycles. The van der Waals surface area contributed by atoms with Gasteiger partial charge in [-0.1, -0.05) is 15.9 Å². The molecule has 1 aromatic rings. The first-order valence-electron chi connectivity index (χ1n) is 7.43. The fourth-order valence-corrected chi connectivity index (χ4v) is 4.31. The third kappa shape index (κ3) is 1.87. The van der Waals surface area contributed by atoms with E-state index in [2.05, 4.69) is 15.9 Å². The normalized spacial score (nSPS) is 31.5. The van der Waals surface area contributed by atoms with E-state index >= 15 is 0 Å². The fourth-order valence-electron chi connectivity index (χ4n) is 3.95. The molecule has 0 amide bonds. The smallest absolute Gasteiger partial charge is 0.320 e. The van der Waals surface area contributed by atoms with Crippen molar-refractivity contribution in [1.82, 2.24) is 0 Å². The Morgan fingerprint density at radius 2 is 2.09 bits per heavy atom. The van der Waals surface area contributed by atoms with Crippen LogP contribution in [0.4, 0.5) is 0 Å². The molecule has 5 nitrogen and oxygen atoms in total. The number of hydrogen-bond acceptors (Lipinski definition) is 5. The van der Waals surface area contributed by atoms with E-state index in [-0.39, 0.29) is 12.1 Å². The number of ether oxygens (including phenoxy) is 4. The van der Waals surface area contributed by atoms with E-state index in [1.807, 2.05) is 18.2 Å². The van der Waals surface area contributed by atoms with Gasteiger partial charge >= 0.3 is 5.97 Å². The fraction of sp³-hybridized carbons (Fsp3) is 0.562. The second-order valence-electron chi connectivity index (χ2n) is 6.02. The summed E-state index contributed by atoms with van der Waals surface area (Å²) in [6, 6.07) is 5.77. The topological polar surface area (TPSA) is 54.0 Å². The highest BCUT2D eigenvalue weighted by atomic mass is 79.9. The first-order valence-corrected chi connectivity index (χ1v) is 8.22. The predicted molar refractivity (Wildman–Crippen MR) is 80.7 cm³/mol. The van der Waals surface area contributed by atoms with E-state index in [0.29, 0.717) is 32.5 Å². The number of esters is 1. The van der Waals surface area contributed by atoms with Crippen LogP contribution < -0.4 is 4.74 Å². The maximum atomic E-state index is 12.6.